The Kier molecular flexibility index (Phi) is 5.91. The van der Waals surface area contributed by atoms with Crippen molar-refractivity contribution in [1.82, 2.24) is 14.7 Å². The maximum absolute atomic E-state index is 12.7. The van der Waals surface area contributed by atoms with E-state index in [-0.39, 0.29) is 11.8 Å². The molecule has 0 aromatic heterocycles. The molecule has 6 nitrogen and oxygen atoms in total. The number of hydrogen-bond acceptors (Lipinski definition) is 4. The Balaban J connectivity index is 1.49. The fourth-order valence-corrected chi connectivity index (χ4v) is 3.57. The smallest absolute Gasteiger partial charge is 0.257 e. The van der Waals surface area contributed by atoms with Gasteiger partial charge in [0.25, 0.3) is 5.91 Å². The number of amides is 2. The number of methoxy groups -OCH3 is 1. The number of piperazine rings is 1. The molecule has 2 amide bonds. The summed E-state index contributed by atoms with van der Waals surface area (Å²) >= 11 is 0. The van der Waals surface area contributed by atoms with Crippen LogP contribution in [0.15, 0.2) is 24.3 Å². The van der Waals surface area contributed by atoms with Gasteiger partial charge in [0.1, 0.15) is 5.75 Å². The van der Waals surface area contributed by atoms with E-state index in [9.17, 15) is 9.59 Å². The van der Waals surface area contributed by atoms with Crippen molar-refractivity contribution in [3.8, 4) is 5.75 Å². The van der Waals surface area contributed by atoms with Crippen molar-refractivity contribution < 1.29 is 14.3 Å². The molecule has 0 saturated carbocycles. The molecule has 0 radical (unpaired) electrons. The van der Waals surface area contributed by atoms with E-state index in [1.807, 2.05) is 21.9 Å². The summed E-state index contributed by atoms with van der Waals surface area (Å²) in [5, 5.41) is 0. The maximum atomic E-state index is 12.7. The molecule has 2 aliphatic heterocycles. The van der Waals surface area contributed by atoms with Gasteiger partial charge in [-0.05, 0) is 38.1 Å². The van der Waals surface area contributed by atoms with Gasteiger partial charge in [-0.25, -0.2) is 0 Å². The van der Waals surface area contributed by atoms with Crippen molar-refractivity contribution in [2.75, 3.05) is 52.9 Å². The van der Waals surface area contributed by atoms with Crippen LogP contribution in [0.3, 0.4) is 0 Å². The number of carbonyl (C=O) groups excluding carboxylic acids is 2. The minimum atomic E-state index is -0.0263. The summed E-state index contributed by atoms with van der Waals surface area (Å²) in [5.41, 5.74) is 0.582. The Hall–Kier alpha value is -2.08. The highest BCUT2D eigenvalue weighted by molar-refractivity contribution is 5.97. The number of hydrogen-bond donors (Lipinski definition) is 0. The van der Waals surface area contributed by atoms with E-state index in [0.29, 0.717) is 43.9 Å². The van der Waals surface area contributed by atoms with Gasteiger partial charge in [-0.3, -0.25) is 9.59 Å². The Morgan fingerprint density at radius 2 is 1.60 bits per heavy atom. The van der Waals surface area contributed by atoms with E-state index in [0.717, 1.165) is 19.6 Å². The number of benzene rings is 1. The van der Waals surface area contributed by atoms with Crippen LogP contribution in [0.25, 0.3) is 0 Å². The molecule has 0 atom stereocenters. The van der Waals surface area contributed by atoms with Crippen LogP contribution in [0.1, 0.15) is 29.6 Å². The highest BCUT2D eigenvalue weighted by atomic mass is 16.5. The van der Waals surface area contributed by atoms with Gasteiger partial charge in [-0.15, -0.1) is 0 Å². The molecule has 2 fully saturated rings. The molecule has 0 unspecified atom stereocenters. The molecule has 0 N–H and O–H groups in total. The monoisotopic (exact) mass is 345 g/mol. The van der Waals surface area contributed by atoms with Crippen LogP contribution in [-0.4, -0.2) is 79.4 Å². The van der Waals surface area contributed by atoms with Gasteiger partial charge in [0.15, 0.2) is 0 Å². The molecular weight excluding hydrogens is 318 g/mol. The Labute approximate surface area is 149 Å². The quantitative estimate of drug-likeness (QED) is 0.811. The van der Waals surface area contributed by atoms with Gasteiger partial charge in [0.05, 0.1) is 12.7 Å². The van der Waals surface area contributed by atoms with Crippen LogP contribution in [0.2, 0.25) is 0 Å². The van der Waals surface area contributed by atoms with Crippen molar-refractivity contribution in [3.05, 3.63) is 29.8 Å². The predicted molar refractivity (Wildman–Crippen MR) is 95.8 cm³/mol. The second kappa shape index (κ2) is 8.34. The van der Waals surface area contributed by atoms with Gasteiger partial charge >= 0.3 is 0 Å². The summed E-state index contributed by atoms with van der Waals surface area (Å²) < 4.78 is 5.28. The third-order valence-electron chi connectivity index (χ3n) is 5.10. The van der Waals surface area contributed by atoms with Crippen molar-refractivity contribution in [2.24, 2.45) is 0 Å². The molecule has 1 aromatic rings. The zero-order chi connectivity index (χ0) is 17.6. The lowest BCUT2D eigenvalue weighted by atomic mass is 10.1. The number of ether oxygens (including phenoxy) is 1. The largest absolute Gasteiger partial charge is 0.496 e. The minimum Gasteiger partial charge on any atom is -0.496 e. The molecule has 2 heterocycles. The molecule has 0 aliphatic carbocycles. The predicted octanol–water partition coefficient (Wildman–Crippen LogP) is 1.47. The Bertz CT molecular complexity index is 606. The summed E-state index contributed by atoms with van der Waals surface area (Å²) in [6, 6.07) is 7.28. The van der Waals surface area contributed by atoms with Gasteiger partial charge in [0.2, 0.25) is 5.91 Å². The second-order valence-corrected chi connectivity index (χ2v) is 6.67. The van der Waals surface area contributed by atoms with E-state index in [4.69, 9.17) is 4.74 Å². The standard InChI is InChI=1S/C19H27N3O3/c1-25-17-7-3-2-6-16(17)19(24)22-14-12-21(13-15-22)18(23)8-11-20-9-4-5-10-20/h2-3,6-7H,4-5,8-15H2,1H3. The summed E-state index contributed by atoms with van der Waals surface area (Å²) in [4.78, 5) is 31.1. The van der Waals surface area contributed by atoms with Crippen molar-refractivity contribution in [3.63, 3.8) is 0 Å². The SMILES string of the molecule is COc1ccccc1C(=O)N1CCN(C(=O)CCN2CCCC2)CC1. The van der Waals surface area contributed by atoms with Crippen LogP contribution in [0, 0.1) is 0 Å². The summed E-state index contributed by atoms with van der Waals surface area (Å²) in [6.45, 7) is 5.47. The first-order chi connectivity index (χ1) is 12.2. The summed E-state index contributed by atoms with van der Waals surface area (Å²) in [7, 11) is 1.57. The molecule has 136 valence electrons. The second-order valence-electron chi connectivity index (χ2n) is 6.67. The van der Waals surface area contributed by atoms with Crippen molar-refractivity contribution in [1.29, 1.82) is 0 Å². The van der Waals surface area contributed by atoms with Crippen LogP contribution < -0.4 is 4.74 Å². The van der Waals surface area contributed by atoms with E-state index < -0.39 is 0 Å². The number of rotatable bonds is 5. The number of para-hydroxylation sites is 1. The van der Waals surface area contributed by atoms with Gasteiger partial charge in [-0.1, -0.05) is 12.1 Å². The lowest BCUT2D eigenvalue weighted by Gasteiger charge is -2.35. The summed E-state index contributed by atoms with van der Waals surface area (Å²) in [6.07, 6.45) is 3.08. The van der Waals surface area contributed by atoms with Crippen LogP contribution in [0.5, 0.6) is 5.75 Å². The molecule has 0 spiro atoms. The van der Waals surface area contributed by atoms with E-state index in [1.165, 1.54) is 12.8 Å². The highest BCUT2D eigenvalue weighted by Gasteiger charge is 2.26. The molecule has 3 rings (SSSR count). The van der Waals surface area contributed by atoms with Crippen LogP contribution >= 0.6 is 0 Å². The number of likely N-dealkylation sites (tertiary alicyclic amines) is 1. The first kappa shape index (κ1) is 17.7. The van der Waals surface area contributed by atoms with Crippen molar-refractivity contribution >= 4 is 11.8 Å². The van der Waals surface area contributed by atoms with Crippen LogP contribution in [0.4, 0.5) is 0 Å². The zero-order valence-electron chi connectivity index (χ0n) is 14.9. The fourth-order valence-electron chi connectivity index (χ4n) is 3.57. The first-order valence-corrected chi connectivity index (χ1v) is 9.11. The molecule has 0 bridgehead atoms. The van der Waals surface area contributed by atoms with Crippen molar-refractivity contribution in [2.45, 2.75) is 19.3 Å². The molecular formula is C19H27N3O3. The lowest BCUT2D eigenvalue weighted by molar-refractivity contribution is -0.133. The molecule has 25 heavy (non-hydrogen) atoms. The van der Waals surface area contributed by atoms with Crippen LogP contribution in [-0.2, 0) is 4.79 Å². The number of carbonyl (C=O) groups is 2. The normalized spacial score (nSPS) is 18.4. The molecule has 2 aliphatic rings. The third-order valence-corrected chi connectivity index (χ3v) is 5.10. The summed E-state index contributed by atoms with van der Waals surface area (Å²) in [5.74, 6) is 0.773. The van der Waals surface area contributed by atoms with E-state index in [1.54, 1.807) is 19.2 Å². The van der Waals surface area contributed by atoms with E-state index in [2.05, 4.69) is 4.90 Å². The highest BCUT2D eigenvalue weighted by Crippen LogP contribution is 2.20. The molecule has 1 aromatic carbocycles. The third kappa shape index (κ3) is 4.31. The minimum absolute atomic E-state index is 0.0263. The van der Waals surface area contributed by atoms with Gasteiger partial charge in [-0.2, -0.15) is 0 Å². The average molecular weight is 345 g/mol. The molecule has 6 heteroatoms. The number of nitrogens with zero attached hydrogens (tertiary/aromatic N) is 3. The fraction of sp³-hybridized carbons (Fsp3) is 0.579. The molecule has 2 saturated heterocycles. The Morgan fingerprint density at radius 1 is 0.960 bits per heavy atom. The topological polar surface area (TPSA) is 53.1 Å². The average Bonchev–Trinajstić information content (AvgIpc) is 3.19. The van der Waals surface area contributed by atoms with Gasteiger partial charge < -0.3 is 19.4 Å². The maximum Gasteiger partial charge on any atom is 0.257 e. The first-order valence-electron chi connectivity index (χ1n) is 9.11. The van der Waals surface area contributed by atoms with Gasteiger partial charge in [0, 0.05) is 39.1 Å². The van der Waals surface area contributed by atoms with E-state index >= 15 is 0 Å². The zero-order valence-corrected chi connectivity index (χ0v) is 14.9. The lowest BCUT2D eigenvalue weighted by Crippen LogP contribution is -2.51. The Morgan fingerprint density at radius 3 is 2.28 bits per heavy atom.